The van der Waals surface area contributed by atoms with Crippen molar-refractivity contribution in [2.24, 2.45) is 0 Å². The Labute approximate surface area is 170 Å². The highest BCUT2D eigenvalue weighted by atomic mass is 32.2. The van der Waals surface area contributed by atoms with Crippen LogP contribution < -0.4 is 0 Å². The first kappa shape index (κ1) is 19.2. The third-order valence-corrected chi connectivity index (χ3v) is 5.89. The van der Waals surface area contributed by atoms with Crippen LogP contribution in [0.4, 0.5) is 0 Å². The molecule has 28 heavy (non-hydrogen) atoms. The predicted octanol–water partition coefficient (Wildman–Crippen LogP) is 3.98. The molecule has 6 heteroatoms. The molecule has 1 aliphatic heterocycles. The largest absolute Gasteiger partial charge is 0.379 e. The number of aromatic nitrogens is 3. The molecule has 0 atom stereocenters. The number of aryl methyl sites for hydroxylation is 2. The summed E-state index contributed by atoms with van der Waals surface area (Å²) < 4.78 is 7.61. The molecule has 1 aliphatic rings. The van der Waals surface area contributed by atoms with E-state index in [-0.39, 0.29) is 0 Å². The lowest BCUT2D eigenvalue weighted by Gasteiger charge is -2.26. The van der Waals surface area contributed by atoms with Crippen LogP contribution in [0.1, 0.15) is 11.1 Å². The van der Waals surface area contributed by atoms with Gasteiger partial charge in [0.05, 0.1) is 13.2 Å². The van der Waals surface area contributed by atoms with Gasteiger partial charge in [0.1, 0.15) is 0 Å². The van der Waals surface area contributed by atoms with Gasteiger partial charge in [-0.3, -0.25) is 9.47 Å². The number of nitrogens with zero attached hydrogens (tertiary/aromatic N) is 4. The maximum absolute atomic E-state index is 5.44. The van der Waals surface area contributed by atoms with Crippen LogP contribution >= 0.6 is 11.8 Å². The van der Waals surface area contributed by atoms with Crippen LogP contribution in [0.25, 0.3) is 17.1 Å². The number of hydrogen-bond donors (Lipinski definition) is 0. The number of benzene rings is 2. The summed E-state index contributed by atoms with van der Waals surface area (Å²) in [6.45, 7) is 8.94. The average Bonchev–Trinajstić information content (AvgIpc) is 3.14. The molecule has 1 aromatic heterocycles. The average molecular weight is 395 g/mol. The van der Waals surface area contributed by atoms with Gasteiger partial charge < -0.3 is 4.74 Å². The minimum atomic E-state index is 0.835. The summed E-state index contributed by atoms with van der Waals surface area (Å²) in [5.41, 5.74) is 4.67. The van der Waals surface area contributed by atoms with E-state index in [1.54, 1.807) is 11.8 Å². The Bertz CT molecular complexity index is 899. The monoisotopic (exact) mass is 394 g/mol. The molecule has 146 valence electrons. The van der Waals surface area contributed by atoms with Crippen molar-refractivity contribution in [1.29, 1.82) is 0 Å². The molecule has 2 aromatic carbocycles. The summed E-state index contributed by atoms with van der Waals surface area (Å²) >= 11 is 1.77. The highest BCUT2D eigenvalue weighted by Crippen LogP contribution is 2.28. The molecule has 4 rings (SSSR count). The molecule has 0 bridgehead atoms. The second-order valence-corrected chi connectivity index (χ2v) is 8.21. The zero-order chi connectivity index (χ0) is 19.3. The van der Waals surface area contributed by atoms with Crippen molar-refractivity contribution in [2.75, 3.05) is 38.6 Å². The van der Waals surface area contributed by atoms with Crippen LogP contribution in [0, 0.1) is 13.8 Å². The fourth-order valence-corrected chi connectivity index (χ4v) is 4.22. The maximum Gasteiger partial charge on any atom is 0.196 e. The number of ether oxygens (including phenoxy) is 1. The molecule has 0 amide bonds. The second-order valence-electron chi connectivity index (χ2n) is 7.15. The summed E-state index contributed by atoms with van der Waals surface area (Å²) in [5.74, 6) is 1.87. The molecule has 5 nitrogen and oxygen atoms in total. The molecule has 3 aromatic rings. The first-order valence-corrected chi connectivity index (χ1v) is 10.7. The van der Waals surface area contributed by atoms with E-state index < -0.39 is 0 Å². The third kappa shape index (κ3) is 4.46. The van der Waals surface area contributed by atoms with Crippen molar-refractivity contribution in [1.82, 2.24) is 19.7 Å². The third-order valence-electron chi connectivity index (χ3n) is 4.98. The van der Waals surface area contributed by atoms with Gasteiger partial charge in [0.2, 0.25) is 0 Å². The Morgan fingerprint density at radius 1 is 0.893 bits per heavy atom. The molecule has 0 saturated carbocycles. The highest BCUT2D eigenvalue weighted by Gasteiger charge is 2.17. The van der Waals surface area contributed by atoms with Crippen molar-refractivity contribution in [3.8, 4) is 17.1 Å². The fourth-order valence-electron chi connectivity index (χ4n) is 3.27. The van der Waals surface area contributed by atoms with E-state index in [0.717, 1.165) is 60.8 Å². The smallest absolute Gasteiger partial charge is 0.196 e. The van der Waals surface area contributed by atoms with Gasteiger partial charge in [-0.1, -0.05) is 59.3 Å². The lowest BCUT2D eigenvalue weighted by atomic mass is 10.1. The molecule has 2 heterocycles. The molecule has 1 fully saturated rings. The summed E-state index contributed by atoms with van der Waals surface area (Å²) in [4.78, 5) is 2.45. The van der Waals surface area contributed by atoms with E-state index in [9.17, 15) is 0 Å². The number of morpholine rings is 1. The van der Waals surface area contributed by atoms with Gasteiger partial charge in [-0.2, -0.15) is 0 Å². The van der Waals surface area contributed by atoms with Crippen molar-refractivity contribution in [3.05, 3.63) is 59.7 Å². The van der Waals surface area contributed by atoms with Crippen molar-refractivity contribution in [2.45, 2.75) is 19.0 Å². The summed E-state index contributed by atoms with van der Waals surface area (Å²) in [6.07, 6.45) is 0. The number of rotatable bonds is 6. The first-order valence-electron chi connectivity index (χ1n) is 9.73. The van der Waals surface area contributed by atoms with Crippen LogP contribution in [0.5, 0.6) is 0 Å². The first-order chi connectivity index (χ1) is 13.7. The van der Waals surface area contributed by atoms with E-state index in [4.69, 9.17) is 4.74 Å². The molecule has 0 N–H and O–H groups in total. The highest BCUT2D eigenvalue weighted by molar-refractivity contribution is 7.99. The van der Waals surface area contributed by atoms with Crippen molar-refractivity contribution >= 4 is 11.8 Å². The minimum Gasteiger partial charge on any atom is -0.379 e. The molecular formula is C22H26N4OS. The minimum absolute atomic E-state index is 0.835. The summed E-state index contributed by atoms with van der Waals surface area (Å²) in [5, 5.41) is 10.0. The van der Waals surface area contributed by atoms with Crippen molar-refractivity contribution in [3.63, 3.8) is 0 Å². The van der Waals surface area contributed by atoms with Gasteiger partial charge in [0.25, 0.3) is 0 Å². The summed E-state index contributed by atoms with van der Waals surface area (Å²) in [6, 6.07) is 17.0. The molecule has 1 saturated heterocycles. The van der Waals surface area contributed by atoms with Gasteiger partial charge in [-0.25, -0.2) is 0 Å². The Kier molecular flexibility index (Phi) is 6.10. The van der Waals surface area contributed by atoms with Gasteiger partial charge in [0, 0.05) is 36.6 Å². The quantitative estimate of drug-likeness (QED) is 0.592. The zero-order valence-electron chi connectivity index (χ0n) is 16.5. The van der Waals surface area contributed by atoms with Crippen LogP contribution in [-0.2, 0) is 4.74 Å². The van der Waals surface area contributed by atoms with Gasteiger partial charge in [-0.05, 0) is 26.0 Å². The standard InChI is InChI=1S/C22H26N4OS/c1-17-3-7-19(8-4-17)21-23-24-22(26(21)20-9-5-18(2)6-10-20)28-16-13-25-11-14-27-15-12-25/h3-10H,11-16H2,1-2H3. The maximum atomic E-state index is 5.44. The SMILES string of the molecule is Cc1ccc(-c2nnc(SCCN3CCOCC3)n2-c2ccc(C)cc2)cc1. The topological polar surface area (TPSA) is 43.2 Å². The van der Waals surface area contributed by atoms with Crippen LogP contribution in [0.3, 0.4) is 0 Å². The van der Waals surface area contributed by atoms with E-state index in [1.807, 2.05) is 0 Å². The Morgan fingerprint density at radius 2 is 1.54 bits per heavy atom. The van der Waals surface area contributed by atoms with Gasteiger partial charge in [0.15, 0.2) is 11.0 Å². The van der Waals surface area contributed by atoms with Crippen LogP contribution in [0.15, 0.2) is 53.7 Å². The van der Waals surface area contributed by atoms with E-state index in [0.29, 0.717) is 0 Å². The molecule has 0 aliphatic carbocycles. The molecule has 0 unspecified atom stereocenters. The van der Waals surface area contributed by atoms with E-state index in [2.05, 4.69) is 82.0 Å². The van der Waals surface area contributed by atoms with Crippen LogP contribution in [0.2, 0.25) is 0 Å². The Hall–Kier alpha value is -2.15. The van der Waals surface area contributed by atoms with Crippen molar-refractivity contribution < 1.29 is 4.74 Å². The summed E-state index contributed by atoms with van der Waals surface area (Å²) in [7, 11) is 0. The molecule has 0 radical (unpaired) electrons. The fraction of sp³-hybridized carbons (Fsp3) is 0.364. The van der Waals surface area contributed by atoms with E-state index >= 15 is 0 Å². The lowest BCUT2D eigenvalue weighted by molar-refractivity contribution is 0.0410. The zero-order valence-corrected chi connectivity index (χ0v) is 17.3. The molecule has 0 spiro atoms. The second kappa shape index (κ2) is 8.90. The number of hydrogen-bond acceptors (Lipinski definition) is 5. The number of thioether (sulfide) groups is 1. The van der Waals surface area contributed by atoms with Crippen LogP contribution in [-0.4, -0.2) is 58.3 Å². The normalized spacial score (nSPS) is 15.1. The Morgan fingerprint density at radius 3 is 2.21 bits per heavy atom. The lowest BCUT2D eigenvalue weighted by Crippen LogP contribution is -2.37. The Balaban J connectivity index is 1.60. The predicted molar refractivity (Wildman–Crippen MR) is 114 cm³/mol. The van der Waals surface area contributed by atoms with Gasteiger partial charge in [-0.15, -0.1) is 10.2 Å². The van der Waals surface area contributed by atoms with Gasteiger partial charge >= 0.3 is 0 Å². The molecular weight excluding hydrogens is 368 g/mol. The van der Waals surface area contributed by atoms with E-state index in [1.165, 1.54) is 11.1 Å².